The number of carbonyl (C=O) groups is 1. The number of piperidine rings is 1. The number of ketones is 1. The molecule has 5 nitrogen and oxygen atoms in total. The normalized spacial score (nSPS) is 16.7. The van der Waals surface area contributed by atoms with E-state index in [1.165, 1.54) is 0 Å². The maximum atomic E-state index is 12.8. The van der Waals surface area contributed by atoms with Gasteiger partial charge in [0, 0.05) is 12.6 Å². The molecule has 0 aliphatic carbocycles. The third-order valence-electron chi connectivity index (χ3n) is 5.04. The lowest BCUT2D eigenvalue weighted by atomic mass is 9.86. The average molecular weight is 376 g/mol. The smallest absolute Gasteiger partial charge is 0.296 e. The fraction of sp³-hybridized carbons (Fsp3) is 0.500. The average Bonchev–Trinajstić information content (AvgIpc) is 3.00. The molecule has 2 heterocycles. The predicted octanol–water partition coefficient (Wildman–Crippen LogP) is 3.71. The van der Waals surface area contributed by atoms with Crippen LogP contribution >= 0.6 is 11.6 Å². The Balaban J connectivity index is 1.81. The molecule has 0 radical (unpaired) electrons. The van der Waals surface area contributed by atoms with Gasteiger partial charge in [-0.15, -0.1) is 0 Å². The van der Waals surface area contributed by atoms with E-state index < -0.39 is 0 Å². The molecular formula is C20H26ClN3O2. The largest absolute Gasteiger partial charge is 0.461 e. The second-order valence-corrected chi connectivity index (χ2v) is 7.62. The van der Waals surface area contributed by atoms with Gasteiger partial charge in [-0.2, -0.15) is 0 Å². The molecule has 1 fully saturated rings. The summed E-state index contributed by atoms with van der Waals surface area (Å²) in [6.07, 6.45) is 3.85. The molecule has 0 spiro atoms. The van der Waals surface area contributed by atoms with E-state index in [-0.39, 0.29) is 11.9 Å². The van der Waals surface area contributed by atoms with Crippen molar-refractivity contribution < 1.29 is 9.53 Å². The number of nitrogens with one attached hydrogen (secondary N) is 1. The van der Waals surface area contributed by atoms with Crippen molar-refractivity contribution in [2.45, 2.75) is 32.8 Å². The number of imidazole rings is 1. The van der Waals surface area contributed by atoms with Gasteiger partial charge in [0.15, 0.2) is 0 Å². The van der Waals surface area contributed by atoms with E-state index in [4.69, 9.17) is 16.3 Å². The minimum Gasteiger partial charge on any atom is -0.461 e. The molecule has 1 aromatic heterocycles. The molecule has 0 amide bonds. The van der Waals surface area contributed by atoms with Crippen molar-refractivity contribution in [3.05, 3.63) is 46.7 Å². The maximum absolute atomic E-state index is 12.8. The molecule has 1 aromatic carbocycles. The first kappa shape index (κ1) is 18.9. The van der Waals surface area contributed by atoms with Gasteiger partial charge in [-0.25, -0.2) is 4.98 Å². The fourth-order valence-electron chi connectivity index (χ4n) is 3.57. The predicted molar refractivity (Wildman–Crippen MR) is 103 cm³/mol. The van der Waals surface area contributed by atoms with Crippen LogP contribution in [0.3, 0.4) is 0 Å². The van der Waals surface area contributed by atoms with Gasteiger partial charge in [-0.05, 0) is 49.9 Å². The highest BCUT2D eigenvalue weighted by atomic mass is 35.5. The number of nitrogens with zero attached hydrogens (tertiary/aromatic N) is 2. The second-order valence-electron chi connectivity index (χ2n) is 7.21. The van der Waals surface area contributed by atoms with Crippen LogP contribution in [0.5, 0.6) is 6.01 Å². The van der Waals surface area contributed by atoms with Crippen LogP contribution in [0.2, 0.25) is 5.02 Å². The standard InChI is InChI=1S/C20H26ClN3O2/c1-13(2)19(14-8-10-22-11-9-14)26-20-23-12-17(24(20)3)18(25)15-6-4-5-7-16(15)21/h4-7,12-14,19,22H,8-11H2,1-3H3. The summed E-state index contributed by atoms with van der Waals surface area (Å²) in [7, 11) is 1.81. The minimum absolute atomic E-state index is 0.0847. The van der Waals surface area contributed by atoms with Crippen molar-refractivity contribution >= 4 is 17.4 Å². The van der Waals surface area contributed by atoms with Gasteiger partial charge < -0.3 is 10.1 Å². The van der Waals surface area contributed by atoms with Crippen LogP contribution in [0.4, 0.5) is 0 Å². The molecule has 1 aliphatic rings. The van der Waals surface area contributed by atoms with Crippen LogP contribution in [-0.4, -0.2) is 34.5 Å². The zero-order chi connectivity index (χ0) is 18.7. The van der Waals surface area contributed by atoms with Crippen LogP contribution in [0.1, 0.15) is 42.7 Å². The zero-order valence-corrected chi connectivity index (χ0v) is 16.3. The quantitative estimate of drug-likeness (QED) is 0.782. The van der Waals surface area contributed by atoms with E-state index in [1.54, 1.807) is 29.0 Å². The van der Waals surface area contributed by atoms with E-state index in [0.717, 1.165) is 25.9 Å². The van der Waals surface area contributed by atoms with Crippen LogP contribution in [0.15, 0.2) is 30.5 Å². The summed E-state index contributed by atoms with van der Waals surface area (Å²) >= 11 is 6.17. The van der Waals surface area contributed by atoms with Gasteiger partial charge in [-0.1, -0.05) is 37.6 Å². The summed E-state index contributed by atoms with van der Waals surface area (Å²) in [5.74, 6) is 0.719. The summed E-state index contributed by atoms with van der Waals surface area (Å²) in [6, 6.07) is 7.54. The number of ether oxygens (including phenoxy) is 1. The first-order valence-corrected chi connectivity index (χ1v) is 9.55. The van der Waals surface area contributed by atoms with Gasteiger partial charge in [0.25, 0.3) is 6.01 Å². The highest BCUT2D eigenvalue weighted by Gasteiger charge is 2.29. The van der Waals surface area contributed by atoms with Crippen LogP contribution in [0, 0.1) is 11.8 Å². The first-order valence-electron chi connectivity index (χ1n) is 9.17. The Labute approximate surface area is 159 Å². The van der Waals surface area contributed by atoms with E-state index in [0.29, 0.717) is 34.1 Å². The summed E-state index contributed by atoms with van der Waals surface area (Å²) in [5.41, 5.74) is 0.948. The van der Waals surface area contributed by atoms with Crippen molar-refractivity contribution in [1.82, 2.24) is 14.9 Å². The summed E-state index contributed by atoms with van der Waals surface area (Å²) in [5, 5.41) is 3.83. The summed E-state index contributed by atoms with van der Waals surface area (Å²) in [4.78, 5) is 17.2. The number of benzene rings is 1. The molecule has 140 valence electrons. The molecule has 1 atom stereocenters. The molecule has 1 aliphatic heterocycles. The molecule has 0 bridgehead atoms. The van der Waals surface area contributed by atoms with Crippen LogP contribution in [-0.2, 0) is 7.05 Å². The summed E-state index contributed by atoms with van der Waals surface area (Å²) in [6.45, 7) is 6.39. The molecule has 26 heavy (non-hydrogen) atoms. The number of halogens is 1. The minimum atomic E-state index is -0.150. The number of aromatic nitrogens is 2. The molecule has 6 heteroatoms. The van der Waals surface area contributed by atoms with E-state index in [2.05, 4.69) is 24.1 Å². The monoisotopic (exact) mass is 375 g/mol. The Hall–Kier alpha value is -1.85. The van der Waals surface area contributed by atoms with E-state index in [9.17, 15) is 4.79 Å². The van der Waals surface area contributed by atoms with E-state index >= 15 is 0 Å². The first-order chi connectivity index (χ1) is 12.5. The third kappa shape index (κ3) is 3.94. The third-order valence-corrected chi connectivity index (χ3v) is 5.37. The maximum Gasteiger partial charge on any atom is 0.296 e. The lowest BCUT2D eigenvalue weighted by Crippen LogP contribution is -2.40. The molecule has 1 saturated heterocycles. The summed E-state index contributed by atoms with van der Waals surface area (Å²) < 4.78 is 8.01. The molecule has 2 aromatic rings. The molecule has 3 rings (SSSR count). The fourth-order valence-corrected chi connectivity index (χ4v) is 3.79. The lowest BCUT2D eigenvalue weighted by Gasteiger charge is -2.33. The van der Waals surface area contributed by atoms with Gasteiger partial charge in [0.05, 0.1) is 11.2 Å². The molecule has 1 N–H and O–H groups in total. The van der Waals surface area contributed by atoms with Gasteiger partial charge in [-0.3, -0.25) is 9.36 Å². The Morgan fingerprint density at radius 1 is 1.31 bits per heavy atom. The van der Waals surface area contributed by atoms with Gasteiger partial charge >= 0.3 is 0 Å². The zero-order valence-electron chi connectivity index (χ0n) is 15.5. The number of rotatable bonds is 6. The molecule has 1 unspecified atom stereocenters. The number of carbonyl (C=O) groups excluding carboxylic acids is 1. The lowest BCUT2D eigenvalue weighted by molar-refractivity contribution is 0.0602. The SMILES string of the molecule is CC(C)C(Oc1ncc(C(=O)c2ccccc2Cl)n1C)C1CCNCC1. The van der Waals surface area contributed by atoms with Crippen molar-refractivity contribution in [1.29, 1.82) is 0 Å². The van der Waals surface area contributed by atoms with Crippen molar-refractivity contribution in [2.24, 2.45) is 18.9 Å². The number of hydrogen-bond acceptors (Lipinski definition) is 4. The van der Waals surface area contributed by atoms with Crippen molar-refractivity contribution in [3.63, 3.8) is 0 Å². The van der Waals surface area contributed by atoms with Crippen LogP contribution < -0.4 is 10.1 Å². The van der Waals surface area contributed by atoms with E-state index in [1.807, 2.05) is 13.1 Å². The highest BCUT2D eigenvalue weighted by Crippen LogP contribution is 2.27. The van der Waals surface area contributed by atoms with Crippen molar-refractivity contribution in [3.8, 4) is 6.01 Å². The Bertz CT molecular complexity index is 766. The highest BCUT2D eigenvalue weighted by molar-refractivity contribution is 6.34. The van der Waals surface area contributed by atoms with Crippen molar-refractivity contribution in [2.75, 3.05) is 13.1 Å². The van der Waals surface area contributed by atoms with Gasteiger partial charge in [0.2, 0.25) is 5.78 Å². The molecule has 0 saturated carbocycles. The molecular weight excluding hydrogens is 350 g/mol. The Morgan fingerprint density at radius 3 is 2.65 bits per heavy atom. The Kier molecular flexibility index (Phi) is 5.99. The Morgan fingerprint density at radius 2 is 2.00 bits per heavy atom. The second kappa shape index (κ2) is 8.23. The topological polar surface area (TPSA) is 56.1 Å². The number of hydrogen-bond donors (Lipinski definition) is 1. The van der Waals surface area contributed by atoms with Gasteiger partial charge in [0.1, 0.15) is 11.8 Å². The van der Waals surface area contributed by atoms with Crippen LogP contribution in [0.25, 0.3) is 0 Å².